The maximum absolute atomic E-state index is 11.2. The fourth-order valence-electron chi connectivity index (χ4n) is 1.47. The Balaban J connectivity index is 2.83. The zero-order valence-corrected chi connectivity index (χ0v) is 8.27. The van der Waals surface area contributed by atoms with Crippen molar-refractivity contribution >= 4 is 16.8 Å². The van der Waals surface area contributed by atoms with E-state index in [2.05, 4.69) is 0 Å². The lowest BCUT2D eigenvalue weighted by Crippen LogP contribution is -2.25. The normalized spacial score (nSPS) is 10.8. The molecule has 2 rings (SSSR count). The highest BCUT2D eigenvalue weighted by atomic mass is 16.7. The maximum atomic E-state index is 11.2. The summed E-state index contributed by atoms with van der Waals surface area (Å²) in [6, 6.07) is 2.73. The van der Waals surface area contributed by atoms with Gasteiger partial charge in [0.1, 0.15) is 5.75 Å². The summed E-state index contributed by atoms with van der Waals surface area (Å²) in [4.78, 5) is 11.5. The van der Waals surface area contributed by atoms with E-state index in [0.717, 1.165) is 0 Å². The van der Waals surface area contributed by atoms with Gasteiger partial charge in [-0.3, -0.25) is 10.0 Å². The van der Waals surface area contributed by atoms with E-state index in [4.69, 9.17) is 4.52 Å². The number of Topliss-reactive ketones (excluding diaryl/α,β-unsaturated/α-hetero) is 1. The minimum Gasteiger partial charge on any atom is -0.507 e. The first kappa shape index (κ1) is 9.51. The summed E-state index contributed by atoms with van der Waals surface area (Å²) >= 11 is 0. The molecule has 1 heterocycles. The summed E-state index contributed by atoms with van der Waals surface area (Å²) in [5, 5.41) is 21.1. The van der Waals surface area contributed by atoms with Gasteiger partial charge in [-0.25, -0.2) is 0 Å². The van der Waals surface area contributed by atoms with E-state index in [1.54, 1.807) is 6.92 Å². The number of nitrogens with zero attached hydrogens (tertiary/aromatic N) is 1. The number of carbonyl (C=O) groups excluding carboxylic acids is 1. The molecule has 0 unspecified atom stereocenters. The van der Waals surface area contributed by atoms with Crippen LogP contribution in [0, 0.1) is 12.1 Å². The highest BCUT2D eigenvalue weighted by molar-refractivity contribution is 6.00. The molecule has 0 amide bonds. The third kappa shape index (κ3) is 1.32. The lowest BCUT2D eigenvalue weighted by Gasteiger charge is -1.99. The van der Waals surface area contributed by atoms with Crippen molar-refractivity contribution in [2.75, 3.05) is 0 Å². The number of ketones is 1. The smallest absolute Gasteiger partial charge is 0.250 e. The molecule has 0 saturated heterocycles. The molecule has 5 nitrogen and oxygen atoms in total. The molecule has 0 aliphatic rings. The molecular formula is C10H9NO4. The van der Waals surface area contributed by atoms with Crippen molar-refractivity contribution in [3.05, 3.63) is 28.6 Å². The van der Waals surface area contributed by atoms with Gasteiger partial charge in [-0.15, -0.1) is 0 Å². The van der Waals surface area contributed by atoms with E-state index in [-0.39, 0.29) is 22.7 Å². The van der Waals surface area contributed by atoms with E-state index in [0.29, 0.717) is 16.0 Å². The number of phenolic OH excluding ortho intramolecular Hbond substituents is 1. The number of carbonyl (C=O) groups is 1. The van der Waals surface area contributed by atoms with Gasteiger partial charge in [-0.05, 0) is 13.0 Å². The van der Waals surface area contributed by atoms with Crippen molar-refractivity contribution < 1.29 is 19.3 Å². The minimum atomic E-state index is -0.257. The Kier molecular flexibility index (Phi) is 1.89. The Morgan fingerprint density at radius 1 is 1.53 bits per heavy atom. The quantitative estimate of drug-likeness (QED) is 0.564. The Morgan fingerprint density at radius 2 is 2.20 bits per heavy atom. The number of aromatic hydroxyl groups is 1. The Bertz CT molecular complexity index is 556. The molecular weight excluding hydrogens is 198 g/mol. The lowest BCUT2D eigenvalue weighted by molar-refractivity contribution is -0.792. The first-order valence-corrected chi connectivity index (χ1v) is 4.38. The number of rotatable bonds is 1. The van der Waals surface area contributed by atoms with Gasteiger partial charge in [0.15, 0.2) is 5.78 Å². The average Bonchev–Trinajstić information content (AvgIpc) is 2.41. The molecule has 2 aromatic rings. The molecule has 0 bridgehead atoms. The molecule has 0 fully saturated rings. The van der Waals surface area contributed by atoms with E-state index in [1.807, 2.05) is 0 Å². The summed E-state index contributed by atoms with van der Waals surface area (Å²) in [6.45, 7) is 2.93. The summed E-state index contributed by atoms with van der Waals surface area (Å²) in [5.41, 5.74) is 0.824. The van der Waals surface area contributed by atoms with Crippen LogP contribution >= 0.6 is 0 Å². The summed E-state index contributed by atoms with van der Waals surface area (Å²) in [7, 11) is 0. The summed E-state index contributed by atoms with van der Waals surface area (Å²) in [6.07, 6.45) is 0. The second kappa shape index (κ2) is 2.98. The van der Waals surface area contributed by atoms with Crippen LogP contribution in [-0.4, -0.2) is 10.9 Å². The molecule has 0 saturated carbocycles. The molecule has 0 aliphatic carbocycles. The van der Waals surface area contributed by atoms with Gasteiger partial charge in [0.2, 0.25) is 0 Å². The molecule has 1 aromatic carbocycles. The van der Waals surface area contributed by atoms with Crippen LogP contribution in [0.25, 0.3) is 11.0 Å². The molecule has 0 radical (unpaired) electrons. The molecule has 78 valence electrons. The SMILES string of the molecule is CC(=O)c1cc2c(C)[n+]([O-])oc2cc1O. The number of aryl methyl sites for hydroxylation is 1. The zero-order chi connectivity index (χ0) is 11.2. The zero-order valence-electron chi connectivity index (χ0n) is 8.27. The minimum absolute atomic E-state index is 0.177. The largest absolute Gasteiger partial charge is 0.507 e. The number of phenols is 1. The highest BCUT2D eigenvalue weighted by Gasteiger charge is 2.16. The van der Waals surface area contributed by atoms with E-state index in [1.165, 1.54) is 19.1 Å². The van der Waals surface area contributed by atoms with E-state index < -0.39 is 0 Å². The number of hydrogen-bond donors (Lipinski definition) is 1. The van der Waals surface area contributed by atoms with Crippen molar-refractivity contribution in [1.29, 1.82) is 0 Å². The molecule has 5 heteroatoms. The van der Waals surface area contributed by atoms with E-state index >= 15 is 0 Å². The van der Waals surface area contributed by atoms with E-state index in [9.17, 15) is 15.1 Å². The Hall–Kier alpha value is -2.04. The predicted octanol–water partition coefficient (Wildman–Crippen LogP) is 1.28. The van der Waals surface area contributed by atoms with Crippen molar-refractivity contribution in [3.63, 3.8) is 0 Å². The molecule has 15 heavy (non-hydrogen) atoms. The summed E-state index contributed by atoms with van der Waals surface area (Å²) < 4.78 is 4.80. The van der Waals surface area contributed by atoms with Crippen LogP contribution in [0.2, 0.25) is 0 Å². The number of fused-ring (bicyclic) bond motifs is 1. The fraction of sp³-hybridized carbons (Fsp3) is 0.200. The van der Waals surface area contributed by atoms with Crippen LogP contribution in [-0.2, 0) is 0 Å². The standard InChI is InChI=1S/C10H9NO4/c1-5-7-3-8(6(2)12)9(13)4-10(7)15-11(5)14/h3-4,13H,1-2H3. The topological polar surface area (TPSA) is 77.4 Å². The first-order valence-electron chi connectivity index (χ1n) is 4.38. The number of aromatic nitrogens is 1. The van der Waals surface area contributed by atoms with Crippen molar-refractivity contribution in [2.24, 2.45) is 0 Å². The molecule has 1 N–H and O–H groups in total. The van der Waals surface area contributed by atoms with Gasteiger partial charge in [0.05, 0.1) is 16.5 Å². The summed E-state index contributed by atoms with van der Waals surface area (Å²) in [5.74, 6) is -0.434. The number of hydrogen-bond acceptors (Lipinski definition) is 4. The lowest BCUT2D eigenvalue weighted by atomic mass is 10.1. The Labute approximate surface area is 85.1 Å². The van der Waals surface area contributed by atoms with Crippen LogP contribution in [0.1, 0.15) is 23.0 Å². The highest BCUT2D eigenvalue weighted by Crippen LogP contribution is 2.26. The molecule has 0 aliphatic heterocycles. The maximum Gasteiger partial charge on any atom is 0.250 e. The van der Waals surface area contributed by atoms with Gasteiger partial charge in [0.25, 0.3) is 5.69 Å². The monoisotopic (exact) mass is 207 g/mol. The first-order chi connectivity index (χ1) is 7.00. The van der Waals surface area contributed by atoms with Crippen LogP contribution < -0.4 is 4.90 Å². The van der Waals surface area contributed by atoms with Crippen LogP contribution in [0.4, 0.5) is 0 Å². The second-order valence-corrected chi connectivity index (χ2v) is 3.36. The number of benzene rings is 1. The average molecular weight is 207 g/mol. The molecule has 0 spiro atoms. The van der Waals surface area contributed by atoms with Crippen LogP contribution in [0.5, 0.6) is 5.75 Å². The van der Waals surface area contributed by atoms with Crippen LogP contribution in [0.3, 0.4) is 0 Å². The van der Waals surface area contributed by atoms with Gasteiger partial charge in [0, 0.05) is 17.9 Å². The van der Waals surface area contributed by atoms with Crippen LogP contribution in [0.15, 0.2) is 16.7 Å². The predicted molar refractivity (Wildman–Crippen MR) is 51.6 cm³/mol. The third-order valence-corrected chi connectivity index (χ3v) is 2.32. The fourth-order valence-corrected chi connectivity index (χ4v) is 1.47. The van der Waals surface area contributed by atoms with Gasteiger partial charge < -0.3 is 9.63 Å². The molecule has 1 aromatic heterocycles. The Morgan fingerprint density at radius 3 is 2.80 bits per heavy atom. The van der Waals surface area contributed by atoms with Gasteiger partial charge >= 0.3 is 0 Å². The van der Waals surface area contributed by atoms with Crippen molar-refractivity contribution in [1.82, 2.24) is 0 Å². The van der Waals surface area contributed by atoms with Crippen molar-refractivity contribution in [3.8, 4) is 5.75 Å². The molecule has 0 atom stereocenters. The third-order valence-electron chi connectivity index (χ3n) is 2.32. The second-order valence-electron chi connectivity index (χ2n) is 3.36. The van der Waals surface area contributed by atoms with Gasteiger partial charge in [-0.2, -0.15) is 0 Å². The van der Waals surface area contributed by atoms with Gasteiger partial charge in [-0.1, -0.05) is 0 Å². The van der Waals surface area contributed by atoms with Crippen molar-refractivity contribution in [2.45, 2.75) is 13.8 Å².